The highest BCUT2D eigenvalue weighted by atomic mass is 32.2. The van der Waals surface area contributed by atoms with Gasteiger partial charge < -0.3 is 20.1 Å². The van der Waals surface area contributed by atoms with E-state index in [2.05, 4.69) is 10.6 Å². The number of aliphatic imine (C=N–C) groups is 1. The van der Waals surface area contributed by atoms with Crippen LogP contribution in [0.25, 0.3) is 0 Å². The molecule has 1 unspecified atom stereocenters. The van der Waals surface area contributed by atoms with Crippen LogP contribution in [0.3, 0.4) is 0 Å². The van der Waals surface area contributed by atoms with Crippen molar-refractivity contribution in [2.75, 3.05) is 19.5 Å². The molecule has 1 saturated heterocycles. The van der Waals surface area contributed by atoms with Gasteiger partial charge in [-0.05, 0) is 68.4 Å². The van der Waals surface area contributed by atoms with Crippen LogP contribution in [0.5, 0.6) is 11.5 Å². The summed E-state index contributed by atoms with van der Waals surface area (Å²) in [4.78, 5) is 30.2. The van der Waals surface area contributed by atoms with E-state index in [1.54, 1.807) is 32.4 Å². The molecule has 166 valence electrons. The van der Waals surface area contributed by atoms with Gasteiger partial charge in [-0.15, -0.1) is 0 Å². The number of hydrogen-bond donors (Lipinski definition) is 2. The maximum Gasteiger partial charge on any atom is 0.240 e. The van der Waals surface area contributed by atoms with E-state index in [0.717, 1.165) is 37.0 Å². The summed E-state index contributed by atoms with van der Waals surface area (Å²) in [5.41, 5.74) is 0.620. The predicted octanol–water partition coefficient (Wildman–Crippen LogP) is 3.59. The number of anilines is 1. The number of amides is 2. The molecule has 1 aliphatic heterocycles. The number of nitrogens with zero attached hydrogens (tertiary/aromatic N) is 1. The van der Waals surface area contributed by atoms with Crippen LogP contribution in [0.4, 0.5) is 5.69 Å². The molecule has 1 aromatic rings. The van der Waals surface area contributed by atoms with Gasteiger partial charge in [0, 0.05) is 18.2 Å². The molecule has 5 aliphatic rings. The molecular formula is C23H29N3O4S. The lowest BCUT2D eigenvalue weighted by molar-refractivity contribution is -0.122. The molecule has 0 aromatic heterocycles. The molecule has 8 heteroatoms. The molecule has 31 heavy (non-hydrogen) atoms. The van der Waals surface area contributed by atoms with Crippen LogP contribution in [-0.4, -0.2) is 42.0 Å². The van der Waals surface area contributed by atoms with Crippen LogP contribution >= 0.6 is 11.8 Å². The van der Waals surface area contributed by atoms with Gasteiger partial charge in [0.25, 0.3) is 0 Å². The van der Waals surface area contributed by atoms with Crippen molar-refractivity contribution in [3.63, 3.8) is 0 Å². The van der Waals surface area contributed by atoms with Crippen LogP contribution in [-0.2, 0) is 9.59 Å². The first-order valence-electron chi connectivity index (χ1n) is 11.0. The number of nitrogens with one attached hydrogen (secondary N) is 2. The van der Waals surface area contributed by atoms with Crippen LogP contribution in [0, 0.1) is 17.8 Å². The van der Waals surface area contributed by atoms with Crippen molar-refractivity contribution in [1.82, 2.24) is 5.32 Å². The molecule has 2 amide bonds. The number of amidine groups is 1. The zero-order chi connectivity index (χ0) is 21.6. The van der Waals surface area contributed by atoms with Gasteiger partial charge >= 0.3 is 0 Å². The smallest absolute Gasteiger partial charge is 0.240 e. The first-order chi connectivity index (χ1) is 14.9. The van der Waals surface area contributed by atoms with E-state index in [0.29, 0.717) is 22.4 Å². The molecule has 1 atom stereocenters. The zero-order valence-corrected chi connectivity index (χ0v) is 18.8. The topological polar surface area (TPSA) is 89.0 Å². The average Bonchev–Trinajstić information content (AvgIpc) is 3.04. The summed E-state index contributed by atoms with van der Waals surface area (Å²) in [6, 6.07) is 5.20. The third-order valence-electron chi connectivity index (χ3n) is 7.16. The first-order valence-corrected chi connectivity index (χ1v) is 11.9. The second-order valence-electron chi connectivity index (χ2n) is 9.48. The fraction of sp³-hybridized carbons (Fsp3) is 0.609. The highest BCUT2D eigenvalue weighted by Gasteiger charge is 2.51. The Hall–Kier alpha value is -2.22. The summed E-state index contributed by atoms with van der Waals surface area (Å²) in [7, 11) is 3.11. The van der Waals surface area contributed by atoms with Crippen molar-refractivity contribution in [3.05, 3.63) is 18.2 Å². The van der Waals surface area contributed by atoms with E-state index < -0.39 is 5.25 Å². The van der Waals surface area contributed by atoms with E-state index in [1.165, 1.54) is 31.0 Å². The molecule has 2 N–H and O–H groups in total. The second kappa shape index (κ2) is 8.04. The van der Waals surface area contributed by atoms with Gasteiger partial charge in [-0.1, -0.05) is 11.8 Å². The number of ether oxygens (including phenoxy) is 2. The van der Waals surface area contributed by atoms with E-state index >= 15 is 0 Å². The quantitative estimate of drug-likeness (QED) is 0.701. The Balaban J connectivity index is 1.22. The van der Waals surface area contributed by atoms with E-state index in [9.17, 15) is 9.59 Å². The van der Waals surface area contributed by atoms with Crippen LogP contribution in [0.1, 0.15) is 44.9 Å². The molecule has 1 heterocycles. The van der Waals surface area contributed by atoms with Gasteiger partial charge in [0.05, 0.1) is 19.8 Å². The Labute approximate surface area is 186 Å². The fourth-order valence-corrected chi connectivity index (χ4v) is 7.38. The summed E-state index contributed by atoms with van der Waals surface area (Å²) >= 11 is 1.40. The highest BCUT2D eigenvalue weighted by Crippen LogP contribution is 2.57. The molecule has 0 radical (unpaired) electrons. The third kappa shape index (κ3) is 4.14. The van der Waals surface area contributed by atoms with Gasteiger partial charge in [-0.3, -0.25) is 14.6 Å². The largest absolute Gasteiger partial charge is 0.493 e. The molecule has 4 saturated carbocycles. The normalized spacial score (nSPS) is 34.6. The summed E-state index contributed by atoms with van der Waals surface area (Å²) in [5.74, 6) is 3.21. The van der Waals surface area contributed by atoms with Crippen molar-refractivity contribution in [1.29, 1.82) is 0 Å². The molecule has 7 nitrogen and oxygen atoms in total. The highest BCUT2D eigenvalue weighted by molar-refractivity contribution is 8.15. The molecule has 6 rings (SSSR count). The van der Waals surface area contributed by atoms with Gasteiger partial charge in [-0.25, -0.2) is 0 Å². The molecular weight excluding hydrogens is 414 g/mol. The minimum Gasteiger partial charge on any atom is -0.493 e. The molecule has 1 aromatic carbocycles. The lowest BCUT2D eigenvalue weighted by atomic mass is 9.53. The second-order valence-corrected chi connectivity index (χ2v) is 10.7. The van der Waals surface area contributed by atoms with Crippen molar-refractivity contribution >= 4 is 34.4 Å². The SMILES string of the molecule is COc1ccc(NC(=O)CC2SC(=NC34CC5CC(CC(C5)C3)C4)NC2=O)cc1OC. The lowest BCUT2D eigenvalue weighted by Crippen LogP contribution is -2.50. The summed E-state index contributed by atoms with van der Waals surface area (Å²) < 4.78 is 10.5. The maximum absolute atomic E-state index is 12.6. The fourth-order valence-electron chi connectivity index (χ4n) is 6.30. The Morgan fingerprint density at radius 3 is 2.39 bits per heavy atom. The average molecular weight is 444 g/mol. The van der Waals surface area contributed by atoms with Gasteiger partial charge in [0.15, 0.2) is 16.7 Å². The minimum absolute atomic E-state index is 0.0150. The summed E-state index contributed by atoms with van der Waals surface area (Å²) in [5, 5.41) is 6.04. The van der Waals surface area contributed by atoms with E-state index in [-0.39, 0.29) is 23.8 Å². The van der Waals surface area contributed by atoms with Gasteiger partial charge in [-0.2, -0.15) is 0 Å². The Kier molecular flexibility index (Phi) is 5.36. The Morgan fingerprint density at radius 2 is 1.77 bits per heavy atom. The number of rotatable bonds is 6. The lowest BCUT2D eigenvalue weighted by Gasteiger charge is -2.55. The number of thioether (sulfide) groups is 1. The van der Waals surface area contributed by atoms with Crippen LogP contribution < -0.4 is 20.1 Å². The number of carbonyl (C=O) groups is 2. The Bertz CT molecular complexity index is 896. The summed E-state index contributed by atoms with van der Waals surface area (Å²) in [6.45, 7) is 0. The van der Waals surface area contributed by atoms with Crippen molar-refractivity contribution in [2.45, 2.75) is 55.7 Å². The number of carbonyl (C=O) groups excluding carboxylic acids is 2. The number of hydrogen-bond acceptors (Lipinski definition) is 6. The van der Waals surface area contributed by atoms with Crippen LogP contribution in [0.15, 0.2) is 23.2 Å². The van der Waals surface area contributed by atoms with Gasteiger partial charge in [0.2, 0.25) is 11.8 Å². The maximum atomic E-state index is 12.6. The Morgan fingerprint density at radius 1 is 1.13 bits per heavy atom. The van der Waals surface area contributed by atoms with Crippen molar-refractivity contribution < 1.29 is 19.1 Å². The van der Waals surface area contributed by atoms with Crippen LogP contribution in [0.2, 0.25) is 0 Å². The standard InChI is InChI=1S/C23H29N3O4S/c1-29-17-4-3-16(8-18(17)30-2)24-20(27)9-19-21(28)25-22(31-19)26-23-10-13-5-14(11-23)7-15(6-13)12-23/h3-4,8,13-15,19H,5-7,9-12H2,1-2H3,(H,24,27)(H,25,26,28). The predicted molar refractivity (Wildman–Crippen MR) is 121 cm³/mol. The van der Waals surface area contributed by atoms with Crippen molar-refractivity contribution in [2.24, 2.45) is 22.7 Å². The van der Waals surface area contributed by atoms with Crippen molar-refractivity contribution in [3.8, 4) is 11.5 Å². The molecule has 0 spiro atoms. The first kappa shape index (κ1) is 20.7. The minimum atomic E-state index is -0.451. The number of methoxy groups -OCH3 is 2. The molecule has 4 aliphatic carbocycles. The molecule has 4 bridgehead atoms. The summed E-state index contributed by atoms with van der Waals surface area (Å²) in [6.07, 6.45) is 7.66. The van der Waals surface area contributed by atoms with E-state index in [4.69, 9.17) is 14.5 Å². The molecule has 5 fully saturated rings. The monoisotopic (exact) mass is 443 g/mol. The third-order valence-corrected chi connectivity index (χ3v) is 8.24. The van der Waals surface area contributed by atoms with Gasteiger partial charge in [0.1, 0.15) is 5.25 Å². The van der Waals surface area contributed by atoms with E-state index in [1.807, 2.05) is 0 Å². The zero-order valence-electron chi connectivity index (χ0n) is 18.0. The number of benzene rings is 1.